The molecule has 0 bridgehead atoms. The fourth-order valence-electron chi connectivity index (χ4n) is 2.40. The van der Waals surface area contributed by atoms with Crippen molar-refractivity contribution < 1.29 is 14.6 Å². The highest BCUT2D eigenvalue weighted by Crippen LogP contribution is 2.20. The molecule has 5 heteroatoms. The molecule has 22 heavy (non-hydrogen) atoms. The Morgan fingerprint density at radius 1 is 1.23 bits per heavy atom. The van der Waals surface area contributed by atoms with E-state index in [9.17, 15) is 4.79 Å². The van der Waals surface area contributed by atoms with E-state index in [1.165, 1.54) is 0 Å². The number of pyridine rings is 1. The lowest BCUT2D eigenvalue weighted by atomic mass is 10.1. The molecule has 0 radical (unpaired) electrons. The quantitative estimate of drug-likeness (QED) is 0.886. The van der Waals surface area contributed by atoms with Gasteiger partial charge >= 0.3 is 5.97 Å². The first-order valence-electron chi connectivity index (χ1n) is 7.01. The molecule has 2 aromatic rings. The fraction of sp³-hybridized carbons (Fsp3) is 0.294. The number of nitrogens with zero attached hydrogens (tertiary/aromatic N) is 1. The van der Waals surface area contributed by atoms with Gasteiger partial charge in [0, 0.05) is 24.0 Å². The molecule has 0 unspecified atom stereocenters. The summed E-state index contributed by atoms with van der Waals surface area (Å²) in [6.07, 6.45) is 0. The molecule has 0 fully saturated rings. The lowest BCUT2D eigenvalue weighted by molar-refractivity contribution is 0.0696. The number of anilines is 1. The molecule has 0 aliphatic heterocycles. The number of methoxy groups -OCH3 is 1. The number of rotatable bonds is 5. The second kappa shape index (κ2) is 6.47. The van der Waals surface area contributed by atoms with Gasteiger partial charge in [-0.3, -0.25) is 0 Å². The summed E-state index contributed by atoms with van der Waals surface area (Å²) in [5.41, 5.74) is 5.08. The zero-order chi connectivity index (χ0) is 16.3. The number of aryl methyl sites for hydroxylation is 3. The molecule has 2 N–H and O–H groups in total. The molecule has 1 aromatic carbocycles. The van der Waals surface area contributed by atoms with Crippen molar-refractivity contribution in [2.24, 2.45) is 0 Å². The van der Waals surface area contributed by atoms with Crippen molar-refractivity contribution in [2.45, 2.75) is 27.3 Å². The molecule has 0 saturated carbocycles. The Labute approximate surface area is 130 Å². The first-order chi connectivity index (χ1) is 10.4. The van der Waals surface area contributed by atoms with Gasteiger partial charge in [-0.1, -0.05) is 0 Å². The Bertz CT molecular complexity index is 688. The van der Waals surface area contributed by atoms with Crippen molar-refractivity contribution in [3.63, 3.8) is 0 Å². The van der Waals surface area contributed by atoms with E-state index in [4.69, 9.17) is 9.84 Å². The number of carboxylic acid groups (broad SMARTS) is 1. The highest BCUT2D eigenvalue weighted by molar-refractivity contribution is 5.89. The van der Waals surface area contributed by atoms with E-state index in [0.29, 0.717) is 18.0 Å². The number of hydrogen-bond donors (Lipinski definition) is 2. The van der Waals surface area contributed by atoms with Gasteiger partial charge in [-0.05, 0) is 55.7 Å². The van der Waals surface area contributed by atoms with Crippen molar-refractivity contribution in [3.05, 3.63) is 52.2 Å². The van der Waals surface area contributed by atoms with Crippen molar-refractivity contribution in [2.75, 3.05) is 12.4 Å². The van der Waals surface area contributed by atoms with Gasteiger partial charge in [-0.2, -0.15) is 0 Å². The van der Waals surface area contributed by atoms with Crippen LogP contribution < -0.4 is 10.1 Å². The maximum absolute atomic E-state index is 11.0. The predicted molar refractivity (Wildman–Crippen MR) is 85.7 cm³/mol. The molecular formula is C17H20N2O3. The Morgan fingerprint density at radius 2 is 1.95 bits per heavy atom. The number of nitrogens with one attached hydrogen (secondary N) is 1. The van der Waals surface area contributed by atoms with Crippen LogP contribution in [0.25, 0.3) is 0 Å². The summed E-state index contributed by atoms with van der Waals surface area (Å²) in [6.45, 7) is 6.39. The molecule has 0 aliphatic rings. The summed E-state index contributed by atoms with van der Waals surface area (Å²) in [5, 5.41) is 12.4. The van der Waals surface area contributed by atoms with E-state index >= 15 is 0 Å². The Balaban J connectivity index is 2.17. The summed E-state index contributed by atoms with van der Waals surface area (Å²) in [4.78, 5) is 15.4. The van der Waals surface area contributed by atoms with Crippen LogP contribution in [0.4, 0.5) is 5.69 Å². The van der Waals surface area contributed by atoms with Crippen LogP contribution >= 0.6 is 0 Å². The second-order valence-electron chi connectivity index (χ2n) is 5.23. The van der Waals surface area contributed by atoms with Crippen LogP contribution in [0.3, 0.4) is 0 Å². The number of aromatic carboxylic acids is 1. The Morgan fingerprint density at radius 3 is 2.50 bits per heavy atom. The summed E-state index contributed by atoms with van der Waals surface area (Å²) in [5.74, 6) is -0.296. The van der Waals surface area contributed by atoms with Gasteiger partial charge in [0.2, 0.25) is 5.88 Å². The third-order valence-corrected chi connectivity index (χ3v) is 3.67. The van der Waals surface area contributed by atoms with Crippen LogP contribution in [0.2, 0.25) is 0 Å². The SMILES string of the molecule is COc1cc(C)c(CNc2ccc(C(=O)O)c(C)c2)c(C)n1. The number of hydrogen-bond acceptors (Lipinski definition) is 4. The first-order valence-corrected chi connectivity index (χ1v) is 7.01. The molecular weight excluding hydrogens is 280 g/mol. The van der Waals surface area contributed by atoms with Gasteiger partial charge in [-0.15, -0.1) is 0 Å². The predicted octanol–water partition coefficient (Wildman–Crippen LogP) is 3.33. The monoisotopic (exact) mass is 300 g/mol. The molecule has 1 heterocycles. The maximum atomic E-state index is 11.0. The number of aromatic nitrogens is 1. The highest BCUT2D eigenvalue weighted by Gasteiger charge is 2.09. The van der Waals surface area contributed by atoms with Gasteiger partial charge in [0.15, 0.2) is 0 Å². The minimum absolute atomic E-state index is 0.323. The molecule has 0 atom stereocenters. The normalized spacial score (nSPS) is 10.4. The first kappa shape index (κ1) is 15.8. The minimum Gasteiger partial charge on any atom is -0.481 e. The third-order valence-electron chi connectivity index (χ3n) is 3.67. The van der Waals surface area contributed by atoms with E-state index in [0.717, 1.165) is 28.1 Å². The smallest absolute Gasteiger partial charge is 0.335 e. The highest BCUT2D eigenvalue weighted by atomic mass is 16.5. The Kier molecular flexibility index (Phi) is 4.65. The van der Waals surface area contributed by atoms with Crippen LogP contribution in [0, 0.1) is 20.8 Å². The standard InChI is InChI=1S/C17H20N2O3/c1-10-7-13(5-6-14(10)17(20)21)18-9-15-11(2)8-16(22-4)19-12(15)3/h5-8,18H,9H2,1-4H3,(H,20,21). The largest absolute Gasteiger partial charge is 0.481 e. The zero-order valence-corrected chi connectivity index (χ0v) is 13.2. The summed E-state index contributed by atoms with van der Waals surface area (Å²) >= 11 is 0. The van der Waals surface area contributed by atoms with E-state index in [1.54, 1.807) is 26.2 Å². The lowest BCUT2D eigenvalue weighted by Gasteiger charge is -2.13. The number of carboxylic acids is 1. The van der Waals surface area contributed by atoms with Gasteiger partial charge < -0.3 is 15.2 Å². The van der Waals surface area contributed by atoms with Gasteiger partial charge in [0.1, 0.15) is 0 Å². The van der Waals surface area contributed by atoms with Crippen molar-refractivity contribution in [1.29, 1.82) is 0 Å². The summed E-state index contributed by atoms with van der Waals surface area (Å²) in [7, 11) is 1.60. The van der Waals surface area contributed by atoms with E-state index < -0.39 is 5.97 Å². The minimum atomic E-state index is -0.907. The van der Waals surface area contributed by atoms with Crippen molar-refractivity contribution in [1.82, 2.24) is 4.98 Å². The number of ether oxygens (including phenoxy) is 1. The molecule has 5 nitrogen and oxygen atoms in total. The molecule has 2 rings (SSSR count). The molecule has 1 aromatic heterocycles. The average Bonchev–Trinajstić information content (AvgIpc) is 2.45. The van der Waals surface area contributed by atoms with Gasteiger partial charge in [0.05, 0.1) is 12.7 Å². The van der Waals surface area contributed by atoms with Crippen LogP contribution in [0.5, 0.6) is 5.88 Å². The average molecular weight is 300 g/mol. The number of benzene rings is 1. The van der Waals surface area contributed by atoms with Gasteiger partial charge in [0.25, 0.3) is 0 Å². The molecule has 0 aliphatic carbocycles. The van der Waals surface area contributed by atoms with Gasteiger partial charge in [-0.25, -0.2) is 9.78 Å². The summed E-state index contributed by atoms with van der Waals surface area (Å²) < 4.78 is 5.16. The fourth-order valence-corrected chi connectivity index (χ4v) is 2.40. The third kappa shape index (κ3) is 3.36. The van der Waals surface area contributed by atoms with Crippen LogP contribution in [-0.4, -0.2) is 23.2 Å². The maximum Gasteiger partial charge on any atom is 0.335 e. The molecule has 0 amide bonds. The topological polar surface area (TPSA) is 71.5 Å². The molecule has 116 valence electrons. The van der Waals surface area contributed by atoms with E-state index in [1.807, 2.05) is 26.0 Å². The van der Waals surface area contributed by atoms with Crippen LogP contribution in [0.15, 0.2) is 24.3 Å². The van der Waals surface area contributed by atoms with E-state index in [2.05, 4.69) is 10.3 Å². The molecule has 0 saturated heterocycles. The second-order valence-corrected chi connectivity index (χ2v) is 5.23. The van der Waals surface area contributed by atoms with Crippen LogP contribution in [-0.2, 0) is 6.54 Å². The van der Waals surface area contributed by atoms with E-state index in [-0.39, 0.29) is 0 Å². The molecule has 0 spiro atoms. The lowest BCUT2D eigenvalue weighted by Crippen LogP contribution is -2.07. The Hall–Kier alpha value is -2.56. The number of carbonyl (C=O) groups is 1. The zero-order valence-electron chi connectivity index (χ0n) is 13.2. The van der Waals surface area contributed by atoms with Crippen LogP contribution in [0.1, 0.15) is 32.7 Å². The van der Waals surface area contributed by atoms with Crippen molar-refractivity contribution >= 4 is 11.7 Å². The summed E-state index contributed by atoms with van der Waals surface area (Å²) in [6, 6.07) is 7.14. The van der Waals surface area contributed by atoms with Crippen molar-refractivity contribution in [3.8, 4) is 5.88 Å².